The van der Waals surface area contributed by atoms with Crippen molar-refractivity contribution in [3.63, 3.8) is 0 Å². The Kier molecular flexibility index (Phi) is 6.13. The fourth-order valence-electron chi connectivity index (χ4n) is 2.76. The van der Waals surface area contributed by atoms with Gasteiger partial charge in [0, 0.05) is 24.2 Å². The Morgan fingerprint density at radius 2 is 1.67 bits per heavy atom. The van der Waals surface area contributed by atoms with Gasteiger partial charge in [0.2, 0.25) is 0 Å². The lowest BCUT2D eigenvalue weighted by atomic mass is 9.88. The van der Waals surface area contributed by atoms with Gasteiger partial charge in [-0.15, -0.1) is 0 Å². The van der Waals surface area contributed by atoms with Gasteiger partial charge in [0.05, 0.1) is 0 Å². The molecule has 1 saturated heterocycles. The van der Waals surface area contributed by atoms with Gasteiger partial charge < -0.3 is 5.32 Å². The van der Waals surface area contributed by atoms with E-state index >= 15 is 0 Å². The molecule has 1 N–H and O–H groups in total. The topological polar surface area (TPSA) is 15.3 Å². The van der Waals surface area contributed by atoms with Crippen LogP contribution in [0.4, 0.5) is 0 Å². The fraction of sp³-hybridized carbons (Fsp3) is 1.00. The standard InChI is InChI=1S/C16H34N2/c1-6-8-9-10-11-12-18-14-16(5,7-2)17-13-15(18,3)4/h17H,6-14H2,1-5H3. The van der Waals surface area contributed by atoms with Crippen LogP contribution in [0.3, 0.4) is 0 Å². The van der Waals surface area contributed by atoms with Crippen molar-refractivity contribution in [2.24, 2.45) is 0 Å². The molecule has 18 heavy (non-hydrogen) atoms. The molecule has 0 aromatic heterocycles. The molecule has 1 aliphatic rings. The van der Waals surface area contributed by atoms with Crippen molar-refractivity contribution in [3.8, 4) is 0 Å². The zero-order valence-electron chi connectivity index (χ0n) is 13.3. The van der Waals surface area contributed by atoms with E-state index in [-0.39, 0.29) is 0 Å². The van der Waals surface area contributed by atoms with E-state index in [2.05, 4.69) is 44.8 Å². The van der Waals surface area contributed by atoms with Crippen molar-refractivity contribution in [1.29, 1.82) is 0 Å². The number of hydrogen-bond donors (Lipinski definition) is 1. The van der Waals surface area contributed by atoms with E-state index in [1.165, 1.54) is 51.6 Å². The minimum absolute atomic E-state index is 0.318. The summed E-state index contributed by atoms with van der Waals surface area (Å²) in [5, 5.41) is 3.73. The molecule has 108 valence electrons. The van der Waals surface area contributed by atoms with Crippen LogP contribution in [-0.2, 0) is 0 Å². The predicted octanol–water partition coefficient (Wildman–Crippen LogP) is 3.81. The van der Waals surface area contributed by atoms with E-state index in [9.17, 15) is 0 Å². The second-order valence-electron chi connectivity index (χ2n) is 6.92. The molecule has 0 saturated carbocycles. The summed E-state index contributed by atoms with van der Waals surface area (Å²) in [6.45, 7) is 15.3. The molecule has 1 unspecified atom stereocenters. The number of hydrogen-bond acceptors (Lipinski definition) is 2. The van der Waals surface area contributed by atoms with Crippen LogP contribution in [0.5, 0.6) is 0 Å². The highest BCUT2D eigenvalue weighted by Gasteiger charge is 2.38. The highest BCUT2D eigenvalue weighted by atomic mass is 15.3. The molecule has 1 heterocycles. The lowest BCUT2D eigenvalue weighted by Crippen LogP contribution is -2.66. The summed E-state index contributed by atoms with van der Waals surface area (Å²) >= 11 is 0. The molecule has 1 fully saturated rings. The first kappa shape index (κ1) is 16.0. The molecule has 0 aliphatic carbocycles. The Bertz CT molecular complexity index is 237. The van der Waals surface area contributed by atoms with Gasteiger partial charge in [-0.2, -0.15) is 0 Å². The lowest BCUT2D eigenvalue weighted by Gasteiger charge is -2.51. The fourth-order valence-corrected chi connectivity index (χ4v) is 2.76. The summed E-state index contributed by atoms with van der Waals surface area (Å²) < 4.78 is 0. The average molecular weight is 254 g/mol. The quantitative estimate of drug-likeness (QED) is 0.695. The zero-order valence-corrected chi connectivity index (χ0v) is 13.3. The highest BCUT2D eigenvalue weighted by molar-refractivity contribution is 4.98. The Hall–Kier alpha value is -0.0800. The Labute approximate surface area is 115 Å². The van der Waals surface area contributed by atoms with Crippen LogP contribution < -0.4 is 5.32 Å². The van der Waals surface area contributed by atoms with Gasteiger partial charge >= 0.3 is 0 Å². The van der Waals surface area contributed by atoms with Crippen LogP contribution in [0.15, 0.2) is 0 Å². The summed E-state index contributed by atoms with van der Waals surface area (Å²) in [7, 11) is 0. The Morgan fingerprint density at radius 3 is 2.28 bits per heavy atom. The molecular weight excluding hydrogens is 220 g/mol. The van der Waals surface area contributed by atoms with Crippen LogP contribution in [0.2, 0.25) is 0 Å². The largest absolute Gasteiger partial charge is 0.308 e. The minimum Gasteiger partial charge on any atom is -0.308 e. The Balaban J connectivity index is 2.39. The van der Waals surface area contributed by atoms with E-state index < -0.39 is 0 Å². The van der Waals surface area contributed by atoms with Gasteiger partial charge in [0.25, 0.3) is 0 Å². The van der Waals surface area contributed by atoms with Crippen LogP contribution in [0.25, 0.3) is 0 Å². The highest BCUT2D eigenvalue weighted by Crippen LogP contribution is 2.26. The van der Waals surface area contributed by atoms with Crippen molar-refractivity contribution in [2.75, 3.05) is 19.6 Å². The molecule has 0 bridgehead atoms. The SMILES string of the molecule is CCCCCCCN1CC(C)(CC)NCC1(C)C. The molecule has 2 heteroatoms. The number of piperazine rings is 1. The average Bonchev–Trinajstić information content (AvgIpc) is 2.34. The van der Waals surface area contributed by atoms with E-state index in [0.29, 0.717) is 11.1 Å². The summed E-state index contributed by atoms with van der Waals surface area (Å²) in [6.07, 6.45) is 8.13. The number of rotatable bonds is 7. The van der Waals surface area contributed by atoms with Gasteiger partial charge in [-0.25, -0.2) is 0 Å². The van der Waals surface area contributed by atoms with E-state index in [0.717, 1.165) is 6.54 Å². The first-order valence-electron chi connectivity index (χ1n) is 7.93. The molecule has 0 amide bonds. The maximum absolute atomic E-state index is 3.73. The third-order valence-corrected chi connectivity index (χ3v) is 4.66. The number of nitrogens with one attached hydrogen (secondary N) is 1. The molecule has 0 radical (unpaired) electrons. The maximum atomic E-state index is 3.73. The van der Waals surface area contributed by atoms with Gasteiger partial charge in [-0.1, -0.05) is 39.5 Å². The molecular formula is C16H34N2. The molecule has 0 aromatic rings. The maximum Gasteiger partial charge on any atom is 0.0278 e. The minimum atomic E-state index is 0.318. The van der Waals surface area contributed by atoms with Crippen molar-refractivity contribution in [1.82, 2.24) is 10.2 Å². The summed E-state index contributed by atoms with van der Waals surface area (Å²) in [5.74, 6) is 0. The van der Waals surface area contributed by atoms with Crippen molar-refractivity contribution < 1.29 is 0 Å². The summed E-state index contributed by atoms with van der Waals surface area (Å²) in [4.78, 5) is 2.71. The predicted molar refractivity (Wildman–Crippen MR) is 81.1 cm³/mol. The van der Waals surface area contributed by atoms with E-state index in [1.807, 2.05) is 0 Å². The second kappa shape index (κ2) is 6.91. The number of nitrogens with zero attached hydrogens (tertiary/aromatic N) is 1. The van der Waals surface area contributed by atoms with Crippen molar-refractivity contribution in [3.05, 3.63) is 0 Å². The molecule has 0 aromatic carbocycles. The number of unbranched alkanes of at least 4 members (excludes halogenated alkanes) is 4. The lowest BCUT2D eigenvalue weighted by molar-refractivity contribution is 0.0300. The molecule has 0 spiro atoms. The third-order valence-electron chi connectivity index (χ3n) is 4.66. The van der Waals surface area contributed by atoms with Crippen LogP contribution >= 0.6 is 0 Å². The molecule has 1 rings (SSSR count). The second-order valence-corrected chi connectivity index (χ2v) is 6.92. The summed E-state index contributed by atoms with van der Waals surface area (Å²) in [6, 6.07) is 0. The van der Waals surface area contributed by atoms with Crippen LogP contribution in [0.1, 0.15) is 73.1 Å². The van der Waals surface area contributed by atoms with Gasteiger partial charge in [-0.3, -0.25) is 4.90 Å². The normalized spacial score (nSPS) is 28.5. The van der Waals surface area contributed by atoms with E-state index in [4.69, 9.17) is 0 Å². The van der Waals surface area contributed by atoms with Gasteiger partial charge in [0.15, 0.2) is 0 Å². The Morgan fingerprint density at radius 1 is 1.00 bits per heavy atom. The van der Waals surface area contributed by atoms with Crippen molar-refractivity contribution in [2.45, 2.75) is 84.2 Å². The van der Waals surface area contributed by atoms with Gasteiger partial charge in [-0.05, 0) is 40.2 Å². The summed E-state index contributed by atoms with van der Waals surface area (Å²) in [5.41, 5.74) is 0.637. The third kappa shape index (κ3) is 4.55. The zero-order chi connectivity index (χ0) is 13.6. The first-order valence-corrected chi connectivity index (χ1v) is 7.93. The molecule has 1 aliphatic heterocycles. The monoisotopic (exact) mass is 254 g/mol. The van der Waals surface area contributed by atoms with E-state index in [1.54, 1.807) is 0 Å². The van der Waals surface area contributed by atoms with Crippen LogP contribution in [0, 0.1) is 0 Å². The first-order chi connectivity index (χ1) is 8.43. The smallest absolute Gasteiger partial charge is 0.0278 e. The van der Waals surface area contributed by atoms with Gasteiger partial charge in [0.1, 0.15) is 0 Å². The molecule has 2 nitrogen and oxygen atoms in total. The van der Waals surface area contributed by atoms with Crippen molar-refractivity contribution >= 4 is 0 Å². The molecule has 1 atom stereocenters. The van der Waals surface area contributed by atoms with Crippen LogP contribution in [-0.4, -0.2) is 35.6 Å².